The molecule has 0 saturated carbocycles. The van der Waals surface area contributed by atoms with Crippen molar-refractivity contribution in [3.8, 4) is 0 Å². The van der Waals surface area contributed by atoms with Gasteiger partial charge in [-0.15, -0.1) is 11.3 Å². The number of amides is 1. The molecule has 21 heavy (non-hydrogen) atoms. The fourth-order valence-electron chi connectivity index (χ4n) is 1.65. The first-order valence-corrected chi connectivity index (χ1v) is 6.81. The van der Waals surface area contributed by atoms with E-state index in [0.29, 0.717) is 5.01 Å². The summed E-state index contributed by atoms with van der Waals surface area (Å²) in [5.74, 6) is -2.25. The summed E-state index contributed by atoms with van der Waals surface area (Å²) < 4.78 is 13.1. The largest absolute Gasteiger partial charge is 0.476 e. The molecule has 0 spiro atoms. The van der Waals surface area contributed by atoms with Gasteiger partial charge in [-0.05, 0) is 25.1 Å². The van der Waals surface area contributed by atoms with E-state index in [2.05, 4.69) is 10.3 Å². The van der Waals surface area contributed by atoms with Crippen LogP contribution in [0.25, 0.3) is 0 Å². The average molecular weight is 309 g/mol. The number of nitrogens with zero attached hydrogens (tertiary/aromatic N) is 1. The molecule has 2 aromatic rings. The molecule has 8 heteroatoms. The summed E-state index contributed by atoms with van der Waals surface area (Å²) in [4.78, 5) is 26.7. The van der Waals surface area contributed by atoms with E-state index in [4.69, 9.17) is 10.8 Å². The molecule has 1 atom stereocenters. The van der Waals surface area contributed by atoms with E-state index in [-0.39, 0.29) is 16.9 Å². The molecule has 110 valence electrons. The fourth-order valence-corrected chi connectivity index (χ4v) is 2.45. The molecule has 0 aliphatic carbocycles. The van der Waals surface area contributed by atoms with Gasteiger partial charge in [0.2, 0.25) is 0 Å². The predicted octanol–water partition coefficient (Wildman–Crippen LogP) is 2.05. The zero-order chi connectivity index (χ0) is 15.6. The van der Waals surface area contributed by atoms with Crippen LogP contribution in [0.2, 0.25) is 0 Å². The molecule has 0 bridgehead atoms. The number of hydrogen-bond donors (Lipinski definition) is 3. The van der Waals surface area contributed by atoms with Crippen LogP contribution in [0.1, 0.15) is 38.8 Å². The van der Waals surface area contributed by atoms with Crippen LogP contribution in [0.15, 0.2) is 23.6 Å². The zero-order valence-electron chi connectivity index (χ0n) is 11.0. The number of carboxylic acid groups (broad SMARTS) is 1. The maximum atomic E-state index is 13.1. The molecule has 4 N–H and O–H groups in total. The summed E-state index contributed by atoms with van der Waals surface area (Å²) in [6.07, 6.45) is 0. The number of thiazole rings is 1. The molecule has 1 unspecified atom stereocenters. The molecule has 1 aromatic carbocycles. The molecule has 0 radical (unpaired) electrons. The van der Waals surface area contributed by atoms with Gasteiger partial charge in [0.15, 0.2) is 5.69 Å². The third kappa shape index (κ3) is 3.34. The average Bonchev–Trinajstić information content (AvgIpc) is 2.91. The van der Waals surface area contributed by atoms with Crippen molar-refractivity contribution in [1.29, 1.82) is 0 Å². The van der Waals surface area contributed by atoms with Crippen molar-refractivity contribution in [1.82, 2.24) is 10.3 Å². The van der Waals surface area contributed by atoms with Crippen LogP contribution >= 0.6 is 11.3 Å². The van der Waals surface area contributed by atoms with E-state index in [1.165, 1.54) is 11.4 Å². The molecular weight excluding hydrogens is 297 g/mol. The number of nitrogen functional groups attached to an aromatic ring is 1. The van der Waals surface area contributed by atoms with E-state index >= 15 is 0 Å². The highest BCUT2D eigenvalue weighted by Gasteiger charge is 2.18. The molecule has 0 aliphatic heterocycles. The molecule has 1 amide bonds. The van der Waals surface area contributed by atoms with E-state index in [9.17, 15) is 14.0 Å². The van der Waals surface area contributed by atoms with Gasteiger partial charge in [0.25, 0.3) is 5.91 Å². The Morgan fingerprint density at radius 3 is 2.81 bits per heavy atom. The highest BCUT2D eigenvalue weighted by molar-refractivity contribution is 7.09. The van der Waals surface area contributed by atoms with Crippen LogP contribution < -0.4 is 11.1 Å². The van der Waals surface area contributed by atoms with E-state index in [1.807, 2.05) is 0 Å². The quantitative estimate of drug-likeness (QED) is 0.750. The number of carboxylic acids is 1. The standard InChI is InChI=1S/C13H12FN3O3S/c1-6(12-17-10(5-21-12)13(19)20)16-11(18)8-4-7(14)2-3-9(8)15/h2-6H,15H2,1H3,(H,16,18)(H,19,20). The third-order valence-electron chi connectivity index (χ3n) is 2.72. The van der Waals surface area contributed by atoms with E-state index in [1.54, 1.807) is 6.92 Å². The SMILES string of the molecule is CC(NC(=O)c1cc(F)ccc1N)c1nc(C(=O)O)cs1. The lowest BCUT2D eigenvalue weighted by atomic mass is 10.1. The van der Waals surface area contributed by atoms with Gasteiger partial charge in [0, 0.05) is 11.1 Å². The number of nitrogens with two attached hydrogens (primary N) is 1. The summed E-state index contributed by atoms with van der Waals surface area (Å²) in [6.45, 7) is 1.65. The van der Waals surface area contributed by atoms with Gasteiger partial charge >= 0.3 is 5.97 Å². The summed E-state index contributed by atoms with van der Waals surface area (Å²) in [5.41, 5.74) is 5.73. The Kier molecular flexibility index (Phi) is 4.18. The number of aromatic nitrogens is 1. The van der Waals surface area contributed by atoms with Crippen molar-refractivity contribution in [2.45, 2.75) is 13.0 Å². The fraction of sp³-hybridized carbons (Fsp3) is 0.154. The Morgan fingerprint density at radius 2 is 2.19 bits per heavy atom. The van der Waals surface area contributed by atoms with Crippen LogP contribution in [-0.2, 0) is 0 Å². The third-order valence-corrected chi connectivity index (χ3v) is 3.75. The molecule has 2 rings (SSSR count). The Morgan fingerprint density at radius 1 is 1.48 bits per heavy atom. The monoisotopic (exact) mass is 309 g/mol. The van der Waals surface area contributed by atoms with Crippen molar-refractivity contribution in [2.24, 2.45) is 0 Å². The van der Waals surface area contributed by atoms with Crippen molar-refractivity contribution in [3.05, 3.63) is 45.7 Å². The summed E-state index contributed by atoms with van der Waals surface area (Å²) in [6, 6.07) is 3.00. The van der Waals surface area contributed by atoms with Gasteiger partial charge in [-0.3, -0.25) is 4.79 Å². The summed E-state index contributed by atoms with van der Waals surface area (Å²) in [5, 5.41) is 13.2. The first kappa shape index (κ1) is 14.9. The summed E-state index contributed by atoms with van der Waals surface area (Å²) in [7, 11) is 0. The first-order chi connectivity index (χ1) is 9.88. The van der Waals surface area contributed by atoms with Gasteiger partial charge in [0.1, 0.15) is 10.8 Å². The van der Waals surface area contributed by atoms with Crippen LogP contribution in [-0.4, -0.2) is 22.0 Å². The number of halogens is 1. The maximum Gasteiger partial charge on any atom is 0.355 e. The number of aromatic carboxylic acids is 1. The first-order valence-electron chi connectivity index (χ1n) is 5.93. The van der Waals surface area contributed by atoms with Gasteiger partial charge in [0.05, 0.1) is 11.6 Å². The predicted molar refractivity (Wildman–Crippen MR) is 75.8 cm³/mol. The second kappa shape index (κ2) is 5.88. The molecule has 0 saturated heterocycles. The van der Waals surface area contributed by atoms with Gasteiger partial charge in [-0.25, -0.2) is 14.2 Å². The van der Waals surface area contributed by atoms with Crippen LogP contribution in [0.3, 0.4) is 0 Å². The molecule has 6 nitrogen and oxygen atoms in total. The lowest BCUT2D eigenvalue weighted by Crippen LogP contribution is -2.27. The Hall–Kier alpha value is -2.48. The zero-order valence-corrected chi connectivity index (χ0v) is 11.8. The number of carbonyl (C=O) groups is 2. The summed E-state index contributed by atoms with van der Waals surface area (Å²) >= 11 is 1.12. The second-order valence-electron chi connectivity index (χ2n) is 4.30. The van der Waals surface area contributed by atoms with Crippen molar-refractivity contribution in [2.75, 3.05) is 5.73 Å². The van der Waals surface area contributed by atoms with Crippen molar-refractivity contribution in [3.63, 3.8) is 0 Å². The highest BCUT2D eigenvalue weighted by Crippen LogP contribution is 2.20. The lowest BCUT2D eigenvalue weighted by Gasteiger charge is -2.12. The van der Waals surface area contributed by atoms with Crippen molar-refractivity contribution >= 4 is 28.9 Å². The number of benzene rings is 1. The van der Waals surface area contributed by atoms with Crippen LogP contribution in [0.5, 0.6) is 0 Å². The normalized spacial score (nSPS) is 11.9. The molecule has 1 aromatic heterocycles. The molecule has 0 fully saturated rings. The maximum absolute atomic E-state index is 13.1. The van der Waals surface area contributed by atoms with Crippen LogP contribution in [0, 0.1) is 5.82 Å². The Balaban J connectivity index is 2.14. The van der Waals surface area contributed by atoms with E-state index < -0.39 is 23.7 Å². The minimum atomic E-state index is -1.13. The van der Waals surface area contributed by atoms with Gasteiger partial charge < -0.3 is 16.2 Å². The number of carbonyl (C=O) groups excluding carboxylic acids is 1. The number of nitrogens with one attached hydrogen (secondary N) is 1. The molecule has 0 aliphatic rings. The van der Waals surface area contributed by atoms with Gasteiger partial charge in [-0.1, -0.05) is 0 Å². The van der Waals surface area contributed by atoms with E-state index in [0.717, 1.165) is 23.5 Å². The highest BCUT2D eigenvalue weighted by atomic mass is 32.1. The smallest absolute Gasteiger partial charge is 0.355 e. The van der Waals surface area contributed by atoms with Crippen molar-refractivity contribution < 1.29 is 19.1 Å². The molecular formula is C13H12FN3O3S. The number of hydrogen-bond acceptors (Lipinski definition) is 5. The lowest BCUT2D eigenvalue weighted by molar-refractivity contribution is 0.0691. The molecule has 1 heterocycles. The number of rotatable bonds is 4. The Labute approximate surface area is 123 Å². The van der Waals surface area contributed by atoms with Crippen LogP contribution in [0.4, 0.5) is 10.1 Å². The minimum absolute atomic E-state index is 0.0249. The topological polar surface area (TPSA) is 105 Å². The Bertz CT molecular complexity index is 702. The number of anilines is 1. The second-order valence-corrected chi connectivity index (χ2v) is 5.19. The van der Waals surface area contributed by atoms with Gasteiger partial charge in [-0.2, -0.15) is 0 Å². The minimum Gasteiger partial charge on any atom is -0.476 e.